The molecule has 7 heteroatoms. The highest BCUT2D eigenvalue weighted by Gasteiger charge is 2.32. The summed E-state index contributed by atoms with van der Waals surface area (Å²) in [5, 5.41) is 6.88. The van der Waals surface area contributed by atoms with E-state index in [-0.39, 0.29) is 29.4 Å². The molecule has 1 heterocycles. The zero-order valence-corrected chi connectivity index (χ0v) is 13.8. The third kappa shape index (κ3) is 4.31. The maximum atomic E-state index is 12.2. The van der Waals surface area contributed by atoms with Crippen molar-refractivity contribution < 1.29 is 9.53 Å². The monoisotopic (exact) mass is 312 g/mol. The van der Waals surface area contributed by atoms with Gasteiger partial charge >= 0.3 is 0 Å². The van der Waals surface area contributed by atoms with E-state index in [0.717, 1.165) is 19.4 Å². The molecule has 0 saturated heterocycles. The van der Waals surface area contributed by atoms with Crippen molar-refractivity contribution in [2.24, 2.45) is 0 Å². The van der Waals surface area contributed by atoms with Crippen LogP contribution in [0, 0.1) is 0 Å². The van der Waals surface area contributed by atoms with Crippen molar-refractivity contribution in [3.8, 4) is 0 Å². The Kier molecular flexibility index (Phi) is 4.73. The van der Waals surface area contributed by atoms with Gasteiger partial charge in [-0.25, -0.2) is 4.98 Å². The van der Waals surface area contributed by atoms with Gasteiger partial charge in [0.1, 0.15) is 10.7 Å². The highest BCUT2D eigenvalue weighted by molar-refractivity contribution is 7.18. The van der Waals surface area contributed by atoms with E-state index < -0.39 is 0 Å². The number of carbonyl (C=O) groups excluding carboxylic acids is 1. The number of hydrogen-bond donors (Lipinski definition) is 3. The average molecular weight is 312 g/mol. The lowest BCUT2D eigenvalue weighted by Gasteiger charge is -2.35. The summed E-state index contributed by atoms with van der Waals surface area (Å²) in [5.74, 6) is 0.136. The highest BCUT2D eigenvalue weighted by atomic mass is 32.1. The van der Waals surface area contributed by atoms with Gasteiger partial charge in [0.05, 0.1) is 6.10 Å². The van der Waals surface area contributed by atoms with Crippen molar-refractivity contribution in [2.75, 3.05) is 17.7 Å². The molecule has 0 bridgehead atoms. The molecule has 0 aromatic carbocycles. The maximum Gasteiger partial charge on any atom is 0.265 e. The van der Waals surface area contributed by atoms with Gasteiger partial charge in [-0.3, -0.25) is 4.79 Å². The van der Waals surface area contributed by atoms with E-state index in [2.05, 4.69) is 15.6 Å². The Hall–Kier alpha value is -1.34. The molecular weight excluding hydrogens is 288 g/mol. The summed E-state index contributed by atoms with van der Waals surface area (Å²) < 4.78 is 5.48. The number of nitrogens with zero attached hydrogens (tertiary/aromatic N) is 1. The van der Waals surface area contributed by atoms with Gasteiger partial charge in [-0.2, -0.15) is 0 Å². The molecule has 1 aromatic heterocycles. The summed E-state index contributed by atoms with van der Waals surface area (Å²) in [5.41, 5.74) is 5.73. The molecule has 0 spiro atoms. The fourth-order valence-corrected chi connectivity index (χ4v) is 3.17. The van der Waals surface area contributed by atoms with E-state index in [1.54, 1.807) is 0 Å². The Balaban J connectivity index is 1.91. The van der Waals surface area contributed by atoms with Crippen LogP contribution in [0.2, 0.25) is 0 Å². The number of carbonyl (C=O) groups is 1. The Labute approximate surface area is 129 Å². The van der Waals surface area contributed by atoms with Crippen molar-refractivity contribution in [2.45, 2.75) is 58.2 Å². The van der Waals surface area contributed by atoms with Crippen LogP contribution in [0.25, 0.3) is 0 Å². The van der Waals surface area contributed by atoms with Crippen LogP contribution >= 0.6 is 11.3 Å². The summed E-state index contributed by atoms with van der Waals surface area (Å²) in [6.45, 7) is 8.80. The minimum absolute atomic E-state index is 0.114. The molecule has 21 heavy (non-hydrogen) atoms. The van der Waals surface area contributed by atoms with Crippen LogP contribution in [0.4, 0.5) is 10.9 Å². The van der Waals surface area contributed by atoms with Crippen LogP contribution in [0.15, 0.2) is 0 Å². The number of nitrogen functional groups attached to an aromatic ring is 1. The van der Waals surface area contributed by atoms with Crippen LogP contribution in [-0.2, 0) is 4.74 Å². The van der Waals surface area contributed by atoms with Gasteiger partial charge < -0.3 is 21.1 Å². The summed E-state index contributed by atoms with van der Waals surface area (Å²) >= 11 is 1.29. The topological polar surface area (TPSA) is 89.3 Å². The molecule has 1 fully saturated rings. The normalized spacial score (nSPS) is 21.7. The predicted molar refractivity (Wildman–Crippen MR) is 85.8 cm³/mol. The number of ether oxygens (including phenoxy) is 1. The van der Waals surface area contributed by atoms with Gasteiger partial charge in [0.2, 0.25) is 0 Å². The van der Waals surface area contributed by atoms with E-state index in [1.165, 1.54) is 11.3 Å². The molecule has 0 atom stereocenters. The summed E-state index contributed by atoms with van der Waals surface area (Å²) in [4.78, 5) is 16.9. The molecule has 118 valence electrons. The molecule has 0 unspecified atom stereocenters. The number of rotatable bonds is 5. The zero-order chi connectivity index (χ0) is 15.6. The molecule has 6 nitrogen and oxygen atoms in total. The SMILES string of the molecule is CCOC1CC(NC(=O)c2sc(NC(C)(C)C)nc2N)C1. The van der Waals surface area contributed by atoms with E-state index in [4.69, 9.17) is 10.5 Å². The number of nitrogens with one attached hydrogen (secondary N) is 2. The van der Waals surface area contributed by atoms with Gasteiger partial charge in [-0.1, -0.05) is 11.3 Å². The molecule has 2 rings (SSSR count). The number of amides is 1. The lowest BCUT2D eigenvalue weighted by atomic mass is 9.89. The number of nitrogens with two attached hydrogens (primary N) is 1. The standard InChI is InChI=1S/C14H24N4O2S/c1-5-20-9-6-8(7-9)16-12(19)10-11(15)17-13(21-10)18-14(2,3)4/h8-9H,5-7,15H2,1-4H3,(H,16,19)(H,17,18). The van der Waals surface area contributed by atoms with Crippen LogP contribution < -0.4 is 16.4 Å². The Morgan fingerprint density at radius 1 is 1.48 bits per heavy atom. The van der Waals surface area contributed by atoms with Gasteiger partial charge in [0.25, 0.3) is 5.91 Å². The predicted octanol–water partition coefficient (Wildman–Crippen LogP) is 2.23. The number of aromatic nitrogens is 1. The first kappa shape index (κ1) is 16.0. The molecule has 1 aromatic rings. The second-order valence-electron chi connectivity index (χ2n) is 6.33. The quantitative estimate of drug-likeness (QED) is 0.776. The van der Waals surface area contributed by atoms with Crippen LogP contribution in [0.3, 0.4) is 0 Å². The van der Waals surface area contributed by atoms with Crippen LogP contribution in [0.5, 0.6) is 0 Å². The third-order valence-electron chi connectivity index (χ3n) is 3.17. The lowest BCUT2D eigenvalue weighted by Crippen LogP contribution is -2.47. The molecule has 1 amide bonds. The minimum atomic E-state index is -0.146. The van der Waals surface area contributed by atoms with Crippen molar-refractivity contribution in [1.29, 1.82) is 0 Å². The second kappa shape index (κ2) is 6.19. The smallest absolute Gasteiger partial charge is 0.265 e. The van der Waals surface area contributed by atoms with E-state index in [1.807, 2.05) is 27.7 Å². The molecule has 1 aliphatic rings. The first-order chi connectivity index (χ1) is 9.78. The third-order valence-corrected chi connectivity index (χ3v) is 4.16. The molecule has 0 aliphatic heterocycles. The summed E-state index contributed by atoms with van der Waals surface area (Å²) in [6, 6.07) is 0.176. The van der Waals surface area contributed by atoms with Crippen molar-refractivity contribution in [3.63, 3.8) is 0 Å². The van der Waals surface area contributed by atoms with E-state index in [0.29, 0.717) is 10.0 Å². The molecule has 1 aliphatic carbocycles. The fourth-order valence-electron chi connectivity index (χ4n) is 2.18. The average Bonchev–Trinajstić information content (AvgIpc) is 2.64. The maximum absolute atomic E-state index is 12.2. The fraction of sp³-hybridized carbons (Fsp3) is 0.714. The number of hydrogen-bond acceptors (Lipinski definition) is 6. The Bertz CT molecular complexity index is 504. The summed E-state index contributed by atoms with van der Waals surface area (Å²) in [6.07, 6.45) is 2.01. The van der Waals surface area contributed by atoms with Gasteiger partial charge in [0.15, 0.2) is 5.13 Å². The van der Waals surface area contributed by atoms with Gasteiger partial charge in [-0.15, -0.1) is 0 Å². The van der Waals surface area contributed by atoms with Crippen LogP contribution in [0.1, 0.15) is 50.2 Å². The Morgan fingerprint density at radius 3 is 2.71 bits per heavy atom. The largest absolute Gasteiger partial charge is 0.382 e. The number of thiazole rings is 1. The van der Waals surface area contributed by atoms with E-state index >= 15 is 0 Å². The summed E-state index contributed by atoms with van der Waals surface area (Å²) in [7, 11) is 0. The van der Waals surface area contributed by atoms with Crippen molar-refractivity contribution in [1.82, 2.24) is 10.3 Å². The van der Waals surface area contributed by atoms with E-state index in [9.17, 15) is 4.79 Å². The molecular formula is C14H24N4O2S. The molecule has 4 N–H and O–H groups in total. The Morgan fingerprint density at radius 2 is 2.14 bits per heavy atom. The highest BCUT2D eigenvalue weighted by Crippen LogP contribution is 2.29. The van der Waals surface area contributed by atoms with Crippen LogP contribution in [-0.4, -0.2) is 35.2 Å². The van der Waals surface area contributed by atoms with Crippen molar-refractivity contribution in [3.05, 3.63) is 4.88 Å². The first-order valence-corrected chi connectivity index (χ1v) is 8.07. The minimum Gasteiger partial charge on any atom is -0.382 e. The van der Waals surface area contributed by atoms with Crippen molar-refractivity contribution >= 4 is 28.2 Å². The molecule has 0 radical (unpaired) electrons. The van der Waals surface area contributed by atoms with Gasteiger partial charge in [0, 0.05) is 18.2 Å². The van der Waals surface area contributed by atoms with Gasteiger partial charge in [-0.05, 0) is 40.5 Å². The zero-order valence-electron chi connectivity index (χ0n) is 13.0. The first-order valence-electron chi connectivity index (χ1n) is 7.25. The lowest BCUT2D eigenvalue weighted by molar-refractivity contribution is -0.00858. The number of anilines is 2. The molecule has 1 saturated carbocycles. The second-order valence-corrected chi connectivity index (χ2v) is 7.33.